The van der Waals surface area contributed by atoms with Crippen molar-refractivity contribution < 1.29 is 14.6 Å². The van der Waals surface area contributed by atoms with Crippen molar-refractivity contribution in [3.05, 3.63) is 94.8 Å². The third-order valence-electron chi connectivity index (χ3n) is 6.26. The molecule has 6 heteroatoms. The standard InChI is InChI=1S/C28H27N3O3/c32-25(19-30-14-11-23-3-1-2-4-24(23)18-30)20-31-15-16-34-27-17-22(7-8-26(27)28(31)33)6-5-21-9-12-29-13-10-21/h1-4,7-10,12-13,17,25,32H,11,14-16,18-20H2. The lowest BCUT2D eigenvalue weighted by atomic mass is 10.00. The second-order valence-corrected chi connectivity index (χ2v) is 8.70. The van der Waals surface area contributed by atoms with E-state index in [1.54, 1.807) is 23.4 Å². The van der Waals surface area contributed by atoms with Crippen LogP contribution in [-0.2, 0) is 13.0 Å². The number of hydrogen-bond donors (Lipinski definition) is 1. The minimum absolute atomic E-state index is 0.121. The summed E-state index contributed by atoms with van der Waals surface area (Å²) in [4.78, 5) is 21.1. The largest absolute Gasteiger partial charge is 0.491 e. The van der Waals surface area contributed by atoms with E-state index >= 15 is 0 Å². The summed E-state index contributed by atoms with van der Waals surface area (Å²) in [6.07, 6.45) is 3.77. The molecule has 34 heavy (non-hydrogen) atoms. The maximum Gasteiger partial charge on any atom is 0.257 e. The number of nitrogens with zero attached hydrogens (tertiary/aromatic N) is 3. The van der Waals surface area contributed by atoms with E-state index in [0.29, 0.717) is 31.0 Å². The maximum absolute atomic E-state index is 13.2. The van der Waals surface area contributed by atoms with Gasteiger partial charge >= 0.3 is 0 Å². The normalized spacial score (nSPS) is 16.4. The van der Waals surface area contributed by atoms with Gasteiger partial charge in [-0.25, -0.2) is 0 Å². The van der Waals surface area contributed by atoms with Crippen LogP contribution in [0, 0.1) is 11.8 Å². The van der Waals surface area contributed by atoms with E-state index in [1.807, 2.05) is 24.3 Å². The Bertz CT molecular complexity index is 1230. The molecule has 0 aliphatic carbocycles. The van der Waals surface area contributed by atoms with Gasteiger partial charge < -0.3 is 14.7 Å². The Morgan fingerprint density at radius 2 is 1.76 bits per heavy atom. The molecular weight excluding hydrogens is 426 g/mol. The lowest BCUT2D eigenvalue weighted by Crippen LogP contribution is -2.44. The van der Waals surface area contributed by atoms with E-state index < -0.39 is 6.10 Å². The Labute approximate surface area is 199 Å². The fourth-order valence-electron chi connectivity index (χ4n) is 4.51. The number of carbonyl (C=O) groups excluding carboxylic acids is 1. The van der Waals surface area contributed by atoms with Crippen LogP contribution in [0.1, 0.15) is 32.6 Å². The van der Waals surface area contributed by atoms with Crippen LogP contribution in [0.4, 0.5) is 0 Å². The minimum atomic E-state index is -0.624. The second-order valence-electron chi connectivity index (χ2n) is 8.70. The van der Waals surface area contributed by atoms with Gasteiger partial charge in [-0.15, -0.1) is 0 Å². The summed E-state index contributed by atoms with van der Waals surface area (Å²) in [6.45, 7) is 3.38. The predicted octanol–water partition coefficient (Wildman–Crippen LogP) is 2.74. The number of rotatable bonds is 4. The first-order chi connectivity index (χ1) is 16.7. The third-order valence-corrected chi connectivity index (χ3v) is 6.26. The Hall–Kier alpha value is -3.66. The topological polar surface area (TPSA) is 65.9 Å². The van der Waals surface area contributed by atoms with Crippen LogP contribution in [-0.4, -0.2) is 64.7 Å². The van der Waals surface area contributed by atoms with Crippen molar-refractivity contribution in [1.82, 2.24) is 14.8 Å². The fraction of sp³-hybridized carbons (Fsp3) is 0.286. The predicted molar refractivity (Wildman–Crippen MR) is 129 cm³/mol. The lowest BCUT2D eigenvalue weighted by Gasteiger charge is -2.32. The second kappa shape index (κ2) is 10.1. The first-order valence-electron chi connectivity index (χ1n) is 11.6. The summed E-state index contributed by atoms with van der Waals surface area (Å²) in [5.74, 6) is 6.63. The summed E-state index contributed by atoms with van der Waals surface area (Å²) in [7, 11) is 0. The molecule has 172 valence electrons. The average Bonchev–Trinajstić information content (AvgIpc) is 3.01. The van der Waals surface area contributed by atoms with Crippen molar-refractivity contribution in [2.75, 3.05) is 32.8 Å². The molecule has 0 bridgehead atoms. The number of pyridine rings is 1. The fourth-order valence-corrected chi connectivity index (χ4v) is 4.51. The molecule has 0 fully saturated rings. The van der Waals surface area contributed by atoms with Gasteiger partial charge in [0.2, 0.25) is 0 Å². The third kappa shape index (κ3) is 5.12. The van der Waals surface area contributed by atoms with Crippen molar-refractivity contribution in [2.45, 2.75) is 19.1 Å². The summed E-state index contributed by atoms with van der Waals surface area (Å²) in [5.41, 5.74) is 4.86. The van der Waals surface area contributed by atoms with Crippen molar-refractivity contribution in [3.8, 4) is 17.6 Å². The number of aliphatic hydroxyl groups is 1. The van der Waals surface area contributed by atoms with Crippen LogP contribution in [0.25, 0.3) is 0 Å². The number of carbonyl (C=O) groups is 1. The van der Waals surface area contributed by atoms with E-state index in [-0.39, 0.29) is 12.5 Å². The number of amides is 1. The quantitative estimate of drug-likeness (QED) is 0.616. The summed E-state index contributed by atoms with van der Waals surface area (Å²) in [5, 5.41) is 10.8. The molecule has 1 unspecified atom stereocenters. The van der Waals surface area contributed by atoms with Crippen LogP contribution in [0.2, 0.25) is 0 Å². The lowest BCUT2D eigenvalue weighted by molar-refractivity contribution is 0.0501. The van der Waals surface area contributed by atoms with Gasteiger partial charge in [-0.05, 0) is 47.9 Å². The zero-order valence-corrected chi connectivity index (χ0v) is 19.0. The molecule has 3 aromatic rings. The van der Waals surface area contributed by atoms with Crippen molar-refractivity contribution in [2.24, 2.45) is 0 Å². The summed E-state index contributed by atoms with van der Waals surface area (Å²) < 4.78 is 5.88. The monoisotopic (exact) mass is 453 g/mol. The van der Waals surface area contributed by atoms with Crippen molar-refractivity contribution >= 4 is 5.91 Å². The smallest absolute Gasteiger partial charge is 0.257 e. The molecule has 1 atom stereocenters. The molecule has 1 aromatic heterocycles. The van der Waals surface area contributed by atoms with Gasteiger partial charge in [0.15, 0.2) is 0 Å². The first kappa shape index (κ1) is 22.1. The van der Waals surface area contributed by atoms with Crippen molar-refractivity contribution in [1.29, 1.82) is 0 Å². The Morgan fingerprint density at radius 3 is 2.62 bits per heavy atom. The molecule has 3 heterocycles. The molecule has 0 saturated carbocycles. The number of aromatic nitrogens is 1. The average molecular weight is 454 g/mol. The molecule has 2 aliphatic heterocycles. The summed E-state index contributed by atoms with van der Waals surface area (Å²) >= 11 is 0. The van der Waals surface area contributed by atoms with Crippen molar-refractivity contribution in [3.63, 3.8) is 0 Å². The molecule has 2 aromatic carbocycles. The molecular formula is C28H27N3O3. The van der Waals surface area contributed by atoms with E-state index in [4.69, 9.17) is 4.74 Å². The number of hydrogen-bond acceptors (Lipinski definition) is 5. The van der Waals surface area contributed by atoms with E-state index in [9.17, 15) is 9.90 Å². The molecule has 1 N–H and O–H groups in total. The van der Waals surface area contributed by atoms with Crippen LogP contribution in [0.15, 0.2) is 67.0 Å². The number of ether oxygens (including phenoxy) is 1. The van der Waals surface area contributed by atoms with Gasteiger partial charge in [-0.3, -0.25) is 14.7 Å². The SMILES string of the molecule is O=C1c2ccc(C#Cc3ccncc3)cc2OCCN1CC(O)CN1CCc2ccccc2C1. The molecule has 5 rings (SSSR count). The Balaban J connectivity index is 1.23. The maximum atomic E-state index is 13.2. The summed E-state index contributed by atoms with van der Waals surface area (Å²) in [6, 6.07) is 17.6. The zero-order chi connectivity index (χ0) is 23.3. The van der Waals surface area contributed by atoms with E-state index in [0.717, 1.165) is 30.6 Å². The number of β-amino-alcohol motifs (C(OH)–C–C–N with tert-alkyl or cyclic N) is 1. The van der Waals surface area contributed by atoms with Gasteiger partial charge in [-0.1, -0.05) is 36.1 Å². The molecule has 0 spiro atoms. The molecule has 6 nitrogen and oxygen atoms in total. The highest BCUT2D eigenvalue weighted by atomic mass is 16.5. The molecule has 0 saturated heterocycles. The van der Waals surface area contributed by atoms with Gasteiger partial charge in [-0.2, -0.15) is 0 Å². The highest BCUT2D eigenvalue weighted by Crippen LogP contribution is 2.25. The molecule has 1 amide bonds. The highest BCUT2D eigenvalue weighted by Gasteiger charge is 2.27. The van der Waals surface area contributed by atoms with Gasteiger partial charge in [0.25, 0.3) is 5.91 Å². The Kier molecular flexibility index (Phi) is 6.57. The van der Waals surface area contributed by atoms with E-state index in [2.05, 4.69) is 46.0 Å². The highest BCUT2D eigenvalue weighted by molar-refractivity contribution is 5.97. The zero-order valence-electron chi connectivity index (χ0n) is 19.0. The minimum Gasteiger partial charge on any atom is -0.491 e. The number of fused-ring (bicyclic) bond motifs is 2. The Morgan fingerprint density at radius 1 is 0.971 bits per heavy atom. The first-order valence-corrected chi connectivity index (χ1v) is 11.6. The van der Waals surface area contributed by atoms with Gasteiger partial charge in [0.05, 0.1) is 18.2 Å². The molecule has 2 aliphatic rings. The molecule has 0 radical (unpaired) electrons. The van der Waals surface area contributed by atoms with E-state index in [1.165, 1.54) is 11.1 Å². The number of aliphatic hydroxyl groups excluding tert-OH is 1. The van der Waals surface area contributed by atoms with Crippen LogP contribution in [0.3, 0.4) is 0 Å². The van der Waals surface area contributed by atoms with Gasteiger partial charge in [0.1, 0.15) is 12.4 Å². The van der Waals surface area contributed by atoms with Crippen LogP contribution >= 0.6 is 0 Å². The van der Waals surface area contributed by atoms with Crippen LogP contribution in [0.5, 0.6) is 5.75 Å². The van der Waals surface area contributed by atoms with Gasteiger partial charge in [0, 0.05) is 49.7 Å². The number of benzene rings is 2. The van der Waals surface area contributed by atoms with Crippen LogP contribution < -0.4 is 4.74 Å².